The number of H-pyrrole nitrogens is 1. The van der Waals surface area contributed by atoms with Gasteiger partial charge in [-0.05, 0) is 61.1 Å². The number of nitrogens with one attached hydrogen (secondary N) is 2. The predicted octanol–water partition coefficient (Wildman–Crippen LogP) is 3.74. The van der Waals surface area contributed by atoms with Crippen LogP contribution in [0.4, 0.5) is 5.69 Å². The zero-order valence-corrected chi connectivity index (χ0v) is 14.3. The second-order valence-corrected chi connectivity index (χ2v) is 6.74. The van der Waals surface area contributed by atoms with Crippen molar-refractivity contribution in [3.05, 3.63) is 76.1 Å². The fourth-order valence-electron chi connectivity index (χ4n) is 3.45. The minimum atomic E-state index is -0.0307. The van der Waals surface area contributed by atoms with Gasteiger partial charge in [-0.15, -0.1) is 0 Å². The molecule has 0 amide bonds. The van der Waals surface area contributed by atoms with E-state index < -0.39 is 0 Å². The van der Waals surface area contributed by atoms with Gasteiger partial charge in [-0.1, -0.05) is 30.3 Å². The van der Waals surface area contributed by atoms with Crippen molar-refractivity contribution in [3.63, 3.8) is 0 Å². The van der Waals surface area contributed by atoms with Crippen LogP contribution in [0.2, 0.25) is 0 Å². The highest BCUT2D eigenvalue weighted by Crippen LogP contribution is 2.16. The third kappa shape index (κ3) is 3.74. The van der Waals surface area contributed by atoms with Gasteiger partial charge in [0.05, 0.1) is 0 Å². The SMILES string of the molecule is O=c1[nH]c2ccccc2cc1CNc1ccc(CN2CCCC2)cc1. The largest absolute Gasteiger partial charge is 0.381 e. The molecule has 4 nitrogen and oxygen atoms in total. The van der Waals surface area contributed by atoms with E-state index >= 15 is 0 Å². The van der Waals surface area contributed by atoms with E-state index in [0.717, 1.165) is 28.7 Å². The van der Waals surface area contributed by atoms with E-state index in [1.807, 2.05) is 30.3 Å². The number of aromatic nitrogens is 1. The number of nitrogens with zero attached hydrogens (tertiary/aromatic N) is 1. The molecule has 1 aromatic heterocycles. The molecule has 0 radical (unpaired) electrons. The molecule has 1 aliphatic heterocycles. The van der Waals surface area contributed by atoms with E-state index in [2.05, 4.69) is 39.5 Å². The normalized spacial score (nSPS) is 14.9. The van der Waals surface area contributed by atoms with Crippen molar-refractivity contribution in [3.8, 4) is 0 Å². The van der Waals surface area contributed by atoms with Crippen LogP contribution in [-0.4, -0.2) is 23.0 Å². The van der Waals surface area contributed by atoms with Gasteiger partial charge in [0.25, 0.3) is 5.56 Å². The summed E-state index contributed by atoms with van der Waals surface area (Å²) >= 11 is 0. The first-order chi connectivity index (χ1) is 12.3. The maximum Gasteiger partial charge on any atom is 0.253 e. The summed E-state index contributed by atoms with van der Waals surface area (Å²) in [6.45, 7) is 3.98. The Labute approximate surface area is 147 Å². The number of para-hydroxylation sites is 1. The Hall–Kier alpha value is -2.59. The number of rotatable bonds is 5. The molecule has 4 rings (SSSR count). The summed E-state index contributed by atoms with van der Waals surface area (Å²) in [5, 5.41) is 4.41. The topological polar surface area (TPSA) is 48.1 Å². The van der Waals surface area contributed by atoms with E-state index in [9.17, 15) is 4.79 Å². The van der Waals surface area contributed by atoms with Crippen LogP contribution in [0.5, 0.6) is 0 Å². The predicted molar refractivity (Wildman–Crippen MR) is 103 cm³/mol. The molecule has 128 valence electrons. The Bertz CT molecular complexity index is 908. The summed E-state index contributed by atoms with van der Waals surface area (Å²) in [7, 11) is 0. The number of fused-ring (bicyclic) bond motifs is 1. The molecule has 2 heterocycles. The summed E-state index contributed by atoms with van der Waals surface area (Å²) in [6.07, 6.45) is 2.64. The zero-order chi connectivity index (χ0) is 17.1. The molecule has 2 aromatic carbocycles. The first kappa shape index (κ1) is 15.9. The second kappa shape index (κ2) is 7.11. The minimum Gasteiger partial charge on any atom is -0.381 e. The molecule has 25 heavy (non-hydrogen) atoms. The summed E-state index contributed by atoms with van der Waals surface area (Å²) in [4.78, 5) is 17.6. The molecule has 2 N–H and O–H groups in total. The van der Waals surface area contributed by atoms with Gasteiger partial charge in [0.1, 0.15) is 0 Å². The Morgan fingerprint density at radius 3 is 2.56 bits per heavy atom. The third-order valence-corrected chi connectivity index (χ3v) is 4.87. The van der Waals surface area contributed by atoms with Crippen LogP contribution >= 0.6 is 0 Å². The maximum atomic E-state index is 12.2. The Balaban J connectivity index is 1.42. The van der Waals surface area contributed by atoms with Crippen LogP contribution in [-0.2, 0) is 13.1 Å². The molecule has 0 aliphatic carbocycles. The third-order valence-electron chi connectivity index (χ3n) is 4.87. The first-order valence-corrected chi connectivity index (χ1v) is 8.94. The molecule has 0 unspecified atom stereocenters. The molecule has 1 fully saturated rings. The van der Waals surface area contributed by atoms with Gasteiger partial charge in [-0.25, -0.2) is 0 Å². The summed E-state index contributed by atoms with van der Waals surface area (Å²) < 4.78 is 0. The molecule has 0 bridgehead atoms. The average molecular weight is 333 g/mol. The quantitative estimate of drug-likeness (QED) is 0.748. The number of hydrogen-bond acceptors (Lipinski definition) is 3. The summed E-state index contributed by atoms with van der Waals surface area (Å²) in [5.74, 6) is 0. The standard InChI is InChI=1S/C21H23N3O/c25-21-18(13-17-5-1-2-6-20(17)23-21)14-22-19-9-7-16(8-10-19)15-24-11-3-4-12-24/h1-2,5-10,13,22H,3-4,11-12,14-15H2,(H,23,25). The van der Waals surface area contributed by atoms with Crippen molar-refractivity contribution in [2.75, 3.05) is 18.4 Å². The van der Waals surface area contributed by atoms with Gasteiger partial charge in [-0.3, -0.25) is 9.69 Å². The number of aromatic amines is 1. The summed E-state index contributed by atoms with van der Waals surface area (Å²) in [5.41, 5.74) is 3.98. The van der Waals surface area contributed by atoms with Crippen LogP contribution in [0.25, 0.3) is 10.9 Å². The number of hydrogen-bond donors (Lipinski definition) is 2. The van der Waals surface area contributed by atoms with Crippen molar-refractivity contribution in [1.29, 1.82) is 0 Å². The highest BCUT2D eigenvalue weighted by molar-refractivity contribution is 5.78. The molecule has 1 saturated heterocycles. The summed E-state index contributed by atoms with van der Waals surface area (Å²) in [6, 6.07) is 18.4. The molecule has 1 aliphatic rings. The zero-order valence-electron chi connectivity index (χ0n) is 14.3. The molecule has 4 heteroatoms. The van der Waals surface area contributed by atoms with E-state index in [1.54, 1.807) is 0 Å². The maximum absolute atomic E-state index is 12.2. The lowest BCUT2D eigenvalue weighted by molar-refractivity contribution is 0.331. The lowest BCUT2D eigenvalue weighted by Gasteiger charge is -2.15. The average Bonchev–Trinajstić information content (AvgIpc) is 3.14. The fraction of sp³-hybridized carbons (Fsp3) is 0.286. The smallest absolute Gasteiger partial charge is 0.253 e. The molecule has 0 saturated carbocycles. The van der Waals surface area contributed by atoms with Gasteiger partial charge >= 0.3 is 0 Å². The van der Waals surface area contributed by atoms with Crippen molar-refractivity contribution in [2.24, 2.45) is 0 Å². The Morgan fingerprint density at radius 1 is 1.00 bits per heavy atom. The fourth-order valence-corrected chi connectivity index (χ4v) is 3.45. The monoisotopic (exact) mass is 333 g/mol. The molecular formula is C21H23N3O. The van der Waals surface area contributed by atoms with E-state index in [-0.39, 0.29) is 5.56 Å². The molecule has 0 atom stereocenters. The van der Waals surface area contributed by atoms with Crippen molar-refractivity contribution >= 4 is 16.6 Å². The van der Waals surface area contributed by atoms with E-state index in [0.29, 0.717) is 6.54 Å². The van der Waals surface area contributed by atoms with Gasteiger partial charge in [0.15, 0.2) is 0 Å². The van der Waals surface area contributed by atoms with Crippen molar-refractivity contribution in [1.82, 2.24) is 9.88 Å². The highest BCUT2D eigenvalue weighted by atomic mass is 16.1. The number of likely N-dealkylation sites (tertiary alicyclic amines) is 1. The van der Waals surface area contributed by atoms with Crippen LogP contribution in [0, 0.1) is 0 Å². The molecule has 3 aromatic rings. The van der Waals surface area contributed by atoms with Crippen LogP contribution in [0.15, 0.2) is 59.4 Å². The van der Waals surface area contributed by atoms with Gasteiger partial charge in [0.2, 0.25) is 0 Å². The van der Waals surface area contributed by atoms with Crippen molar-refractivity contribution < 1.29 is 0 Å². The lowest BCUT2D eigenvalue weighted by Crippen LogP contribution is -2.18. The van der Waals surface area contributed by atoms with Crippen LogP contribution in [0.3, 0.4) is 0 Å². The second-order valence-electron chi connectivity index (χ2n) is 6.74. The van der Waals surface area contributed by atoms with Gasteiger partial charge < -0.3 is 10.3 Å². The van der Waals surface area contributed by atoms with Gasteiger partial charge in [-0.2, -0.15) is 0 Å². The van der Waals surface area contributed by atoms with Gasteiger partial charge in [0, 0.05) is 29.9 Å². The molecule has 0 spiro atoms. The number of benzene rings is 2. The number of pyridine rings is 1. The first-order valence-electron chi connectivity index (χ1n) is 8.94. The van der Waals surface area contributed by atoms with E-state index in [1.165, 1.54) is 31.5 Å². The van der Waals surface area contributed by atoms with Crippen LogP contribution in [0.1, 0.15) is 24.0 Å². The number of anilines is 1. The van der Waals surface area contributed by atoms with E-state index in [4.69, 9.17) is 0 Å². The Morgan fingerprint density at radius 2 is 1.76 bits per heavy atom. The molecular weight excluding hydrogens is 310 g/mol. The highest BCUT2D eigenvalue weighted by Gasteiger charge is 2.11. The Kier molecular flexibility index (Phi) is 4.53. The van der Waals surface area contributed by atoms with Crippen molar-refractivity contribution in [2.45, 2.75) is 25.9 Å². The van der Waals surface area contributed by atoms with Crippen LogP contribution < -0.4 is 10.9 Å². The minimum absolute atomic E-state index is 0.0307. The lowest BCUT2D eigenvalue weighted by atomic mass is 10.1.